The fourth-order valence-corrected chi connectivity index (χ4v) is 1.70. The first-order chi connectivity index (χ1) is 8.31. The fourth-order valence-electron chi connectivity index (χ4n) is 1.70. The summed E-state index contributed by atoms with van der Waals surface area (Å²) in [5.74, 6) is 0. The predicted molar refractivity (Wildman–Crippen MR) is 54.0 cm³/mol. The van der Waals surface area contributed by atoms with Gasteiger partial charge in [0.05, 0.1) is 6.61 Å². The minimum Gasteiger partial charge on any atom is -0.394 e. The molecule has 0 bridgehead atoms. The van der Waals surface area contributed by atoms with Crippen molar-refractivity contribution in [3.8, 4) is 0 Å². The van der Waals surface area contributed by atoms with Crippen LogP contribution < -0.4 is 0 Å². The van der Waals surface area contributed by atoms with Crippen molar-refractivity contribution in [1.82, 2.24) is 0 Å². The molecule has 0 spiro atoms. The van der Waals surface area contributed by atoms with Crippen LogP contribution in [0.25, 0.3) is 0 Å². The molecule has 8 atom stereocenters. The zero-order chi connectivity index (χ0) is 14.0. The molecule has 1 aliphatic rings. The van der Waals surface area contributed by atoms with E-state index in [4.69, 9.17) is 10.2 Å². The van der Waals surface area contributed by atoms with Crippen LogP contribution in [0.1, 0.15) is 0 Å². The minimum absolute atomic E-state index is 0.839. The summed E-state index contributed by atoms with van der Waals surface area (Å²) in [6, 6.07) is 0. The molecule has 8 N–H and O–H groups in total. The molecule has 0 radical (unpaired) electrons. The van der Waals surface area contributed by atoms with Gasteiger partial charge in [-0.15, -0.1) is 0 Å². The summed E-state index contributed by atoms with van der Waals surface area (Å²) in [4.78, 5) is 0. The first-order valence-corrected chi connectivity index (χ1v) is 5.34. The zero-order valence-corrected chi connectivity index (χ0v) is 9.31. The van der Waals surface area contributed by atoms with Gasteiger partial charge in [0.2, 0.25) is 0 Å². The third-order valence-electron chi connectivity index (χ3n) is 2.89. The number of ether oxygens (including phenoxy) is 1. The highest BCUT2D eigenvalue weighted by Crippen LogP contribution is 2.24. The third kappa shape index (κ3) is 2.96. The Morgan fingerprint density at radius 1 is 0.889 bits per heavy atom. The quantitative estimate of drug-likeness (QED) is 0.249. The average Bonchev–Trinajstić information content (AvgIpc) is 2.37. The van der Waals surface area contributed by atoms with E-state index in [0.29, 0.717) is 0 Å². The molecule has 1 fully saturated rings. The second-order valence-corrected chi connectivity index (χ2v) is 4.19. The molecule has 1 aliphatic heterocycles. The number of aliphatic hydroxyl groups excluding tert-OH is 8. The highest BCUT2D eigenvalue weighted by atomic mass is 16.6. The van der Waals surface area contributed by atoms with Gasteiger partial charge in [-0.2, -0.15) is 0 Å². The van der Waals surface area contributed by atoms with Gasteiger partial charge in [-0.3, -0.25) is 0 Å². The van der Waals surface area contributed by atoms with Crippen LogP contribution in [-0.4, -0.2) is 96.5 Å². The predicted octanol–water partition coefficient (Wildman–Crippen LogP) is -5.14. The van der Waals surface area contributed by atoms with Gasteiger partial charge < -0.3 is 45.6 Å². The molecule has 0 saturated carbocycles. The normalized spacial score (nSPS) is 42.3. The SMILES string of the molecule is OC[C@@H](O)[C@@H](O)[C@@H](O)[C@H]1OC(O)[C@H](O)[C@@H](O)[C@H]1O. The first kappa shape index (κ1) is 15.7. The smallest absolute Gasteiger partial charge is 0.184 e. The van der Waals surface area contributed by atoms with Crippen LogP contribution in [0.5, 0.6) is 0 Å². The maximum atomic E-state index is 9.63. The second kappa shape index (κ2) is 6.19. The lowest BCUT2D eigenvalue weighted by molar-refractivity contribution is -0.305. The fraction of sp³-hybridized carbons (Fsp3) is 1.00. The lowest BCUT2D eigenvalue weighted by Gasteiger charge is -2.41. The lowest BCUT2D eigenvalue weighted by atomic mass is 9.91. The number of rotatable bonds is 4. The Labute approximate surface area is 102 Å². The Hall–Kier alpha value is -0.360. The summed E-state index contributed by atoms with van der Waals surface area (Å²) in [6.45, 7) is -0.839. The Morgan fingerprint density at radius 3 is 1.94 bits per heavy atom. The van der Waals surface area contributed by atoms with Crippen LogP contribution in [0.2, 0.25) is 0 Å². The molecule has 0 aliphatic carbocycles. The van der Waals surface area contributed by atoms with E-state index >= 15 is 0 Å². The standard InChI is InChI=1S/C9H18O9/c10-1-2(11)3(12)5(14)8-6(15)4(13)7(16)9(17)18-8/h2-17H,1H2/t2-,3-,4+,5-,6-,7-,8-,9?/m1/s1. The van der Waals surface area contributed by atoms with Crippen molar-refractivity contribution >= 4 is 0 Å². The molecule has 18 heavy (non-hydrogen) atoms. The topological polar surface area (TPSA) is 171 Å². The van der Waals surface area contributed by atoms with Gasteiger partial charge in [0.15, 0.2) is 6.29 Å². The van der Waals surface area contributed by atoms with Crippen molar-refractivity contribution in [2.45, 2.75) is 49.0 Å². The molecule has 1 saturated heterocycles. The summed E-state index contributed by atoms with van der Waals surface area (Å²) in [5, 5.41) is 74.1. The van der Waals surface area contributed by atoms with Gasteiger partial charge in [0, 0.05) is 0 Å². The maximum absolute atomic E-state index is 9.63. The van der Waals surface area contributed by atoms with Crippen molar-refractivity contribution in [1.29, 1.82) is 0 Å². The Bertz CT molecular complexity index is 262. The third-order valence-corrected chi connectivity index (χ3v) is 2.89. The van der Waals surface area contributed by atoms with Crippen LogP contribution in [0.15, 0.2) is 0 Å². The molecule has 9 nitrogen and oxygen atoms in total. The number of hydrogen-bond donors (Lipinski definition) is 8. The molecule has 0 aromatic heterocycles. The molecular weight excluding hydrogens is 252 g/mol. The van der Waals surface area contributed by atoms with E-state index in [1.54, 1.807) is 0 Å². The van der Waals surface area contributed by atoms with Gasteiger partial charge in [0.1, 0.15) is 42.7 Å². The first-order valence-electron chi connectivity index (χ1n) is 5.34. The molecule has 0 amide bonds. The minimum atomic E-state index is -1.88. The molecule has 0 aromatic carbocycles. The Morgan fingerprint density at radius 2 is 1.44 bits per heavy atom. The zero-order valence-electron chi connectivity index (χ0n) is 9.31. The van der Waals surface area contributed by atoms with Crippen LogP contribution in [0.4, 0.5) is 0 Å². The monoisotopic (exact) mass is 270 g/mol. The van der Waals surface area contributed by atoms with Crippen LogP contribution >= 0.6 is 0 Å². The van der Waals surface area contributed by atoms with Gasteiger partial charge in [-0.25, -0.2) is 0 Å². The van der Waals surface area contributed by atoms with Crippen LogP contribution in [0.3, 0.4) is 0 Å². The highest BCUT2D eigenvalue weighted by molar-refractivity contribution is 4.95. The Balaban J connectivity index is 2.76. The summed E-state index contributed by atoms with van der Waals surface area (Å²) in [7, 11) is 0. The van der Waals surface area contributed by atoms with E-state index in [2.05, 4.69) is 4.74 Å². The van der Waals surface area contributed by atoms with Crippen LogP contribution in [0, 0.1) is 0 Å². The summed E-state index contributed by atoms with van der Waals surface area (Å²) in [5.41, 5.74) is 0. The maximum Gasteiger partial charge on any atom is 0.184 e. The van der Waals surface area contributed by atoms with E-state index in [1.165, 1.54) is 0 Å². The highest BCUT2D eigenvalue weighted by Gasteiger charge is 2.48. The van der Waals surface area contributed by atoms with E-state index < -0.39 is 55.6 Å². The average molecular weight is 270 g/mol. The molecule has 9 heteroatoms. The van der Waals surface area contributed by atoms with Gasteiger partial charge in [-0.1, -0.05) is 0 Å². The lowest BCUT2D eigenvalue weighted by Crippen LogP contribution is -2.63. The van der Waals surface area contributed by atoms with Gasteiger partial charge in [0.25, 0.3) is 0 Å². The molecule has 1 unspecified atom stereocenters. The molecular formula is C9H18O9. The summed E-state index contributed by atoms with van der Waals surface area (Å²) < 4.78 is 4.65. The second-order valence-electron chi connectivity index (χ2n) is 4.19. The van der Waals surface area contributed by atoms with E-state index in [9.17, 15) is 30.6 Å². The van der Waals surface area contributed by atoms with E-state index in [1.807, 2.05) is 0 Å². The number of aliphatic hydroxyl groups is 8. The Kier molecular flexibility index (Phi) is 5.40. The largest absolute Gasteiger partial charge is 0.394 e. The van der Waals surface area contributed by atoms with E-state index in [-0.39, 0.29) is 0 Å². The number of hydrogen-bond acceptors (Lipinski definition) is 9. The van der Waals surface area contributed by atoms with Gasteiger partial charge >= 0.3 is 0 Å². The summed E-state index contributed by atoms with van der Waals surface area (Å²) >= 11 is 0. The van der Waals surface area contributed by atoms with Crippen molar-refractivity contribution < 1.29 is 45.6 Å². The molecule has 1 heterocycles. The molecule has 0 aromatic rings. The van der Waals surface area contributed by atoms with Crippen LogP contribution in [-0.2, 0) is 4.74 Å². The van der Waals surface area contributed by atoms with Crippen molar-refractivity contribution in [3.05, 3.63) is 0 Å². The van der Waals surface area contributed by atoms with Gasteiger partial charge in [-0.05, 0) is 0 Å². The van der Waals surface area contributed by atoms with Crippen molar-refractivity contribution in [2.75, 3.05) is 6.61 Å². The van der Waals surface area contributed by atoms with Crippen molar-refractivity contribution in [3.63, 3.8) is 0 Å². The van der Waals surface area contributed by atoms with Crippen molar-refractivity contribution in [2.24, 2.45) is 0 Å². The molecule has 108 valence electrons. The van der Waals surface area contributed by atoms with E-state index in [0.717, 1.165) is 0 Å². The molecule has 1 rings (SSSR count). The summed E-state index contributed by atoms with van der Waals surface area (Å²) in [6.07, 6.45) is -14.2.